The lowest BCUT2D eigenvalue weighted by Gasteiger charge is -2.38. The molecule has 0 aliphatic carbocycles. The maximum Gasteiger partial charge on any atom is 0.319 e. The Morgan fingerprint density at radius 2 is 1.71 bits per heavy atom. The van der Waals surface area contributed by atoms with Crippen molar-refractivity contribution >= 4 is 41.1 Å². The number of nitrogens with zero attached hydrogens (tertiary/aromatic N) is 1. The van der Waals surface area contributed by atoms with Crippen molar-refractivity contribution < 1.29 is 4.79 Å². The van der Waals surface area contributed by atoms with Gasteiger partial charge in [-0.3, -0.25) is 4.99 Å². The van der Waals surface area contributed by atoms with Crippen LogP contribution in [0.1, 0.15) is 24.0 Å². The van der Waals surface area contributed by atoms with Crippen LogP contribution >= 0.6 is 23.2 Å². The summed E-state index contributed by atoms with van der Waals surface area (Å²) in [6.07, 6.45) is 3.74. The third kappa shape index (κ3) is 5.98. The van der Waals surface area contributed by atoms with Crippen LogP contribution in [-0.2, 0) is 5.41 Å². The van der Waals surface area contributed by atoms with Crippen molar-refractivity contribution in [3.8, 4) is 11.1 Å². The van der Waals surface area contributed by atoms with Crippen LogP contribution in [0.25, 0.3) is 11.1 Å². The van der Waals surface area contributed by atoms with E-state index in [9.17, 15) is 4.79 Å². The van der Waals surface area contributed by atoms with Crippen LogP contribution < -0.4 is 16.0 Å². The van der Waals surface area contributed by atoms with Gasteiger partial charge in [0.1, 0.15) is 0 Å². The molecule has 4 rings (SSSR count). The molecule has 1 aliphatic heterocycles. The monoisotopic (exact) mass is 494 g/mol. The van der Waals surface area contributed by atoms with Gasteiger partial charge in [-0.1, -0.05) is 65.7 Å². The summed E-state index contributed by atoms with van der Waals surface area (Å²) in [6, 6.07) is 21.7. The van der Waals surface area contributed by atoms with E-state index in [1.807, 2.05) is 18.3 Å². The highest BCUT2D eigenvalue weighted by Gasteiger charge is 2.34. The number of nitrogens with one attached hydrogen (secondary N) is 3. The van der Waals surface area contributed by atoms with Crippen molar-refractivity contribution in [1.82, 2.24) is 10.6 Å². The summed E-state index contributed by atoms with van der Waals surface area (Å²) >= 11 is 12.1. The highest BCUT2D eigenvalue weighted by atomic mass is 35.5. The number of aliphatic imine (C=N–C) groups is 1. The fourth-order valence-electron chi connectivity index (χ4n) is 4.49. The first-order valence-electron chi connectivity index (χ1n) is 11.3. The summed E-state index contributed by atoms with van der Waals surface area (Å²) in [6.45, 7) is 2.36. The Balaban J connectivity index is 1.49. The van der Waals surface area contributed by atoms with Gasteiger partial charge >= 0.3 is 6.03 Å². The number of rotatable bonds is 6. The zero-order valence-electron chi connectivity index (χ0n) is 19.1. The SMILES string of the molecule is CN=Cc1cccc(-c2ccc(C3(CNC(=O)Nc4cc(Cl)cc(Cl)c4)CCNCC3)cc2)c1. The molecule has 3 aromatic rings. The molecule has 3 N–H and O–H groups in total. The minimum Gasteiger partial charge on any atom is -0.337 e. The van der Waals surface area contributed by atoms with Crippen LogP contribution in [0, 0.1) is 0 Å². The Kier molecular flexibility index (Phi) is 7.88. The minimum atomic E-state index is -0.276. The number of hydrogen-bond acceptors (Lipinski definition) is 3. The molecule has 5 nitrogen and oxygen atoms in total. The van der Waals surface area contributed by atoms with Crippen molar-refractivity contribution in [2.24, 2.45) is 4.99 Å². The van der Waals surface area contributed by atoms with E-state index in [-0.39, 0.29) is 11.4 Å². The Morgan fingerprint density at radius 3 is 2.38 bits per heavy atom. The molecule has 0 spiro atoms. The van der Waals surface area contributed by atoms with Crippen LogP contribution in [-0.4, -0.2) is 38.9 Å². The zero-order valence-corrected chi connectivity index (χ0v) is 20.6. The van der Waals surface area contributed by atoms with Gasteiger partial charge in [-0.05, 0) is 72.5 Å². The average Bonchev–Trinajstić information content (AvgIpc) is 2.83. The first-order valence-corrected chi connectivity index (χ1v) is 12.1. The van der Waals surface area contributed by atoms with Gasteiger partial charge < -0.3 is 16.0 Å². The molecule has 1 fully saturated rings. The third-order valence-electron chi connectivity index (χ3n) is 6.26. The van der Waals surface area contributed by atoms with Gasteiger partial charge in [0, 0.05) is 41.0 Å². The second kappa shape index (κ2) is 11.0. The molecular weight excluding hydrogens is 467 g/mol. The molecule has 1 saturated heterocycles. The standard InChI is InChI=1S/C27H28Cl2N4O/c1-30-17-19-3-2-4-21(13-19)20-5-7-22(8-6-20)27(9-11-31-12-10-27)18-32-26(34)33-25-15-23(28)14-24(29)16-25/h2-8,13-17,31H,9-12,18H2,1H3,(H2,32,33,34). The van der Waals surface area contributed by atoms with Crippen molar-refractivity contribution in [2.45, 2.75) is 18.3 Å². The van der Waals surface area contributed by atoms with Crippen molar-refractivity contribution in [3.63, 3.8) is 0 Å². The van der Waals surface area contributed by atoms with Gasteiger partial charge in [-0.25, -0.2) is 4.79 Å². The number of carbonyl (C=O) groups is 1. The zero-order chi connectivity index (χ0) is 24.0. The van der Waals surface area contributed by atoms with Crippen LogP contribution in [0.4, 0.5) is 10.5 Å². The van der Waals surface area contributed by atoms with E-state index in [0.29, 0.717) is 22.3 Å². The van der Waals surface area contributed by atoms with Gasteiger partial charge in [0.2, 0.25) is 0 Å². The third-order valence-corrected chi connectivity index (χ3v) is 6.70. The van der Waals surface area contributed by atoms with Crippen LogP contribution in [0.2, 0.25) is 10.0 Å². The number of halogens is 2. The normalized spacial score (nSPS) is 15.3. The summed E-state index contributed by atoms with van der Waals surface area (Å²) in [5, 5.41) is 10.3. The second-order valence-electron chi connectivity index (χ2n) is 8.59. The van der Waals surface area contributed by atoms with E-state index in [0.717, 1.165) is 42.6 Å². The van der Waals surface area contributed by atoms with E-state index in [1.165, 1.54) is 5.56 Å². The molecule has 0 atom stereocenters. The molecule has 0 radical (unpaired) electrons. The molecule has 0 unspecified atom stereocenters. The Labute approximate surface area is 210 Å². The molecular formula is C27H28Cl2N4O. The highest BCUT2D eigenvalue weighted by molar-refractivity contribution is 6.35. The Hall–Kier alpha value is -2.86. The van der Waals surface area contributed by atoms with E-state index >= 15 is 0 Å². The van der Waals surface area contributed by atoms with Crippen molar-refractivity contribution in [1.29, 1.82) is 0 Å². The predicted molar refractivity (Wildman–Crippen MR) is 143 cm³/mol. The van der Waals surface area contributed by atoms with Gasteiger partial charge in [0.05, 0.1) is 0 Å². The summed E-state index contributed by atoms with van der Waals surface area (Å²) < 4.78 is 0. The maximum absolute atomic E-state index is 12.6. The minimum absolute atomic E-state index is 0.135. The van der Waals surface area contributed by atoms with Crippen molar-refractivity contribution in [2.75, 3.05) is 32.0 Å². The Bertz CT molecular complexity index is 1150. The molecule has 7 heteroatoms. The predicted octanol–water partition coefficient (Wildman–Crippen LogP) is 6.15. The lowest BCUT2D eigenvalue weighted by Crippen LogP contribution is -2.48. The van der Waals surface area contributed by atoms with Crippen LogP contribution in [0.15, 0.2) is 71.7 Å². The number of anilines is 1. The molecule has 1 heterocycles. The molecule has 0 aromatic heterocycles. The van der Waals surface area contributed by atoms with E-state index in [1.54, 1.807) is 25.2 Å². The number of piperidine rings is 1. The highest BCUT2D eigenvalue weighted by Crippen LogP contribution is 2.34. The number of carbonyl (C=O) groups excluding carboxylic acids is 1. The summed E-state index contributed by atoms with van der Waals surface area (Å²) in [7, 11) is 1.78. The first-order chi connectivity index (χ1) is 16.5. The fourth-order valence-corrected chi connectivity index (χ4v) is 5.01. The fraction of sp³-hybridized carbons (Fsp3) is 0.259. The maximum atomic E-state index is 12.6. The molecule has 1 aliphatic rings. The van der Waals surface area contributed by atoms with Gasteiger partial charge in [-0.2, -0.15) is 0 Å². The summed E-state index contributed by atoms with van der Waals surface area (Å²) in [5.74, 6) is 0. The topological polar surface area (TPSA) is 65.5 Å². The van der Waals surface area contributed by atoms with E-state index < -0.39 is 0 Å². The van der Waals surface area contributed by atoms with Crippen LogP contribution in [0.3, 0.4) is 0 Å². The number of hydrogen-bond donors (Lipinski definition) is 3. The molecule has 0 bridgehead atoms. The number of urea groups is 1. The molecule has 0 saturated carbocycles. The first kappa shape index (κ1) is 24.3. The molecule has 2 amide bonds. The summed E-state index contributed by atoms with van der Waals surface area (Å²) in [4.78, 5) is 16.8. The second-order valence-corrected chi connectivity index (χ2v) is 9.46. The summed E-state index contributed by atoms with van der Waals surface area (Å²) in [5.41, 5.74) is 5.05. The largest absolute Gasteiger partial charge is 0.337 e. The van der Waals surface area contributed by atoms with Gasteiger partial charge in [-0.15, -0.1) is 0 Å². The quantitative estimate of drug-likeness (QED) is 0.359. The van der Waals surface area contributed by atoms with Crippen molar-refractivity contribution in [3.05, 3.63) is 87.9 Å². The van der Waals surface area contributed by atoms with E-state index in [2.05, 4.69) is 57.3 Å². The average molecular weight is 495 g/mol. The molecule has 176 valence electrons. The van der Waals surface area contributed by atoms with Crippen LogP contribution in [0.5, 0.6) is 0 Å². The number of benzene rings is 3. The molecule has 34 heavy (non-hydrogen) atoms. The van der Waals surface area contributed by atoms with Gasteiger partial charge in [0.25, 0.3) is 0 Å². The number of amides is 2. The van der Waals surface area contributed by atoms with E-state index in [4.69, 9.17) is 23.2 Å². The smallest absolute Gasteiger partial charge is 0.319 e. The molecule has 3 aromatic carbocycles. The van der Waals surface area contributed by atoms with Gasteiger partial charge in [0.15, 0.2) is 0 Å². The Morgan fingerprint density at radius 1 is 1.00 bits per heavy atom. The lowest BCUT2D eigenvalue weighted by molar-refractivity contribution is 0.242. The lowest BCUT2D eigenvalue weighted by atomic mass is 9.73.